The molecule has 0 amide bonds. The zero-order valence-electron chi connectivity index (χ0n) is 18.1. The van der Waals surface area contributed by atoms with Crippen LogP contribution in [0.3, 0.4) is 0 Å². The van der Waals surface area contributed by atoms with E-state index in [4.69, 9.17) is 0 Å². The number of halogens is 1. The highest BCUT2D eigenvalue weighted by molar-refractivity contribution is 14.0. The van der Waals surface area contributed by atoms with Crippen molar-refractivity contribution in [1.82, 2.24) is 20.4 Å². The Hall–Kier alpha value is -0.380. The first-order valence-corrected chi connectivity index (χ1v) is 11.5. The zero-order chi connectivity index (χ0) is 19.5. The number of nitrogens with zero attached hydrogens (tertiary/aromatic N) is 3. The van der Waals surface area contributed by atoms with E-state index in [1.807, 2.05) is 18.4 Å². The van der Waals surface area contributed by atoms with Crippen molar-refractivity contribution in [2.75, 3.05) is 46.3 Å². The first kappa shape index (κ1) is 25.7. The quantitative estimate of drug-likeness (QED) is 0.261. The first-order valence-electron chi connectivity index (χ1n) is 10.6. The topological polar surface area (TPSA) is 42.9 Å². The van der Waals surface area contributed by atoms with Gasteiger partial charge in [0.05, 0.1) is 6.04 Å². The number of thiophene rings is 1. The number of aliphatic imine (C=N–C) groups is 1. The summed E-state index contributed by atoms with van der Waals surface area (Å²) in [4.78, 5) is 11.0. The molecule has 1 aromatic heterocycles. The minimum atomic E-state index is 0. The molecule has 2 atom stereocenters. The highest BCUT2D eigenvalue weighted by atomic mass is 127. The van der Waals surface area contributed by atoms with Crippen molar-refractivity contribution in [1.29, 1.82) is 0 Å². The molecule has 0 bridgehead atoms. The molecule has 5 nitrogen and oxygen atoms in total. The molecule has 2 rings (SSSR count). The van der Waals surface area contributed by atoms with Gasteiger partial charge in [0.25, 0.3) is 0 Å². The van der Waals surface area contributed by atoms with E-state index in [-0.39, 0.29) is 24.0 Å². The molecule has 2 heterocycles. The van der Waals surface area contributed by atoms with E-state index < -0.39 is 0 Å². The van der Waals surface area contributed by atoms with Gasteiger partial charge < -0.3 is 15.5 Å². The molecular weight excluding hydrogens is 481 g/mol. The summed E-state index contributed by atoms with van der Waals surface area (Å²) in [6.45, 7) is 13.5. The van der Waals surface area contributed by atoms with Gasteiger partial charge in [-0.25, -0.2) is 0 Å². The van der Waals surface area contributed by atoms with Crippen LogP contribution in [0.5, 0.6) is 0 Å². The second kappa shape index (κ2) is 14.6. The molecule has 1 fully saturated rings. The van der Waals surface area contributed by atoms with Crippen LogP contribution in [0.2, 0.25) is 0 Å². The Kier molecular flexibility index (Phi) is 13.4. The summed E-state index contributed by atoms with van der Waals surface area (Å²) in [6, 6.07) is 5.30. The summed E-state index contributed by atoms with van der Waals surface area (Å²) in [5.41, 5.74) is 0. The van der Waals surface area contributed by atoms with Gasteiger partial charge in [-0.15, -0.1) is 35.3 Å². The van der Waals surface area contributed by atoms with Gasteiger partial charge >= 0.3 is 0 Å². The third-order valence-electron chi connectivity index (χ3n) is 5.53. The molecule has 1 aromatic rings. The number of likely N-dealkylation sites (tertiary alicyclic amines) is 1. The molecule has 7 heteroatoms. The van der Waals surface area contributed by atoms with Crippen LogP contribution in [0, 0.1) is 0 Å². The second-order valence-electron chi connectivity index (χ2n) is 7.44. The van der Waals surface area contributed by atoms with Gasteiger partial charge in [-0.2, -0.15) is 0 Å². The predicted octanol–water partition coefficient (Wildman–Crippen LogP) is 4.18. The lowest BCUT2D eigenvalue weighted by atomic mass is 10.1. The highest BCUT2D eigenvalue weighted by Crippen LogP contribution is 2.27. The van der Waals surface area contributed by atoms with Gasteiger partial charge in [-0.1, -0.05) is 19.9 Å². The molecule has 28 heavy (non-hydrogen) atoms. The largest absolute Gasteiger partial charge is 0.354 e. The van der Waals surface area contributed by atoms with E-state index in [1.54, 1.807) is 0 Å². The molecule has 1 aliphatic rings. The molecule has 1 saturated heterocycles. The van der Waals surface area contributed by atoms with Crippen LogP contribution in [0.25, 0.3) is 0 Å². The zero-order valence-corrected chi connectivity index (χ0v) is 21.3. The summed E-state index contributed by atoms with van der Waals surface area (Å²) in [7, 11) is 1.87. The maximum absolute atomic E-state index is 4.45. The van der Waals surface area contributed by atoms with E-state index >= 15 is 0 Å². The fourth-order valence-electron chi connectivity index (χ4n) is 3.80. The number of nitrogens with one attached hydrogen (secondary N) is 2. The van der Waals surface area contributed by atoms with E-state index in [2.05, 4.69) is 63.7 Å². The first-order chi connectivity index (χ1) is 13.2. The van der Waals surface area contributed by atoms with Crippen molar-refractivity contribution in [3.63, 3.8) is 0 Å². The average molecular weight is 522 g/mol. The van der Waals surface area contributed by atoms with Crippen molar-refractivity contribution < 1.29 is 0 Å². The van der Waals surface area contributed by atoms with Crippen LogP contribution < -0.4 is 10.6 Å². The van der Waals surface area contributed by atoms with Gasteiger partial charge in [0.15, 0.2) is 5.96 Å². The minimum absolute atomic E-state index is 0. The Morgan fingerprint density at radius 3 is 2.57 bits per heavy atom. The molecular formula is C21H40IN5S. The van der Waals surface area contributed by atoms with Crippen LogP contribution in [0.1, 0.15) is 57.4 Å². The van der Waals surface area contributed by atoms with Crippen LogP contribution in [0.15, 0.2) is 22.5 Å². The number of rotatable bonds is 11. The summed E-state index contributed by atoms with van der Waals surface area (Å²) >= 11 is 1.86. The molecule has 2 unspecified atom stereocenters. The number of hydrogen-bond acceptors (Lipinski definition) is 4. The predicted molar refractivity (Wildman–Crippen MR) is 134 cm³/mol. The van der Waals surface area contributed by atoms with Crippen LogP contribution in [-0.4, -0.2) is 68.1 Å². The van der Waals surface area contributed by atoms with Gasteiger partial charge in [0, 0.05) is 24.5 Å². The summed E-state index contributed by atoms with van der Waals surface area (Å²) in [5.74, 6) is 0.922. The molecule has 2 N–H and O–H groups in total. The monoisotopic (exact) mass is 521 g/mol. The summed E-state index contributed by atoms with van der Waals surface area (Å²) in [6.07, 6.45) is 5.02. The lowest BCUT2D eigenvalue weighted by Crippen LogP contribution is -2.45. The van der Waals surface area contributed by atoms with Crippen LogP contribution in [-0.2, 0) is 0 Å². The lowest BCUT2D eigenvalue weighted by molar-refractivity contribution is 0.248. The van der Waals surface area contributed by atoms with Crippen molar-refractivity contribution in [2.24, 2.45) is 4.99 Å². The fraction of sp³-hybridized carbons (Fsp3) is 0.762. The SMILES string of the molecule is CCN(CC)CCCC(C)NC(=NC)NCC(c1cccs1)N1CCCC1.I. The Morgan fingerprint density at radius 1 is 1.29 bits per heavy atom. The smallest absolute Gasteiger partial charge is 0.191 e. The molecule has 0 aromatic carbocycles. The Balaban J connectivity index is 0.00000392. The molecule has 0 saturated carbocycles. The Labute approximate surface area is 193 Å². The van der Waals surface area contributed by atoms with Crippen LogP contribution >= 0.6 is 35.3 Å². The maximum atomic E-state index is 4.45. The number of guanidine groups is 1. The Bertz CT molecular complexity index is 527. The van der Waals surface area contributed by atoms with E-state index in [0.717, 1.165) is 32.0 Å². The third kappa shape index (κ3) is 8.55. The van der Waals surface area contributed by atoms with Gasteiger partial charge in [0.1, 0.15) is 0 Å². The lowest BCUT2D eigenvalue weighted by Gasteiger charge is -2.28. The Morgan fingerprint density at radius 2 is 2.00 bits per heavy atom. The normalized spacial score (nSPS) is 17.4. The van der Waals surface area contributed by atoms with Gasteiger partial charge in [-0.05, 0) is 76.8 Å². The molecule has 0 aliphatic carbocycles. The van der Waals surface area contributed by atoms with Crippen molar-refractivity contribution >= 4 is 41.3 Å². The molecule has 0 spiro atoms. The van der Waals surface area contributed by atoms with E-state index in [9.17, 15) is 0 Å². The van der Waals surface area contributed by atoms with Gasteiger partial charge in [0.2, 0.25) is 0 Å². The average Bonchev–Trinajstić information content (AvgIpc) is 3.39. The fourth-order valence-corrected chi connectivity index (χ4v) is 4.66. The standard InChI is InChI=1S/C21H39N5S.HI/c1-5-25(6-2)13-9-11-18(3)24-21(22-4)23-17-19(20-12-10-16-27-20)26-14-7-8-15-26;/h10,12,16,18-19H,5-9,11,13-15,17H2,1-4H3,(H2,22,23,24);1H. The van der Waals surface area contributed by atoms with Crippen molar-refractivity contribution in [2.45, 2.75) is 58.5 Å². The van der Waals surface area contributed by atoms with Crippen molar-refractivity contribution in [3.8, 4) is 0 Å². The van der Waals surface area contributed by atoms with E-state index in [0.29, 0.717) is 12.1 Å². The molecule has 0 radical (unpaired) electrons. The van der Waals surface area contributed by atoms with E-state index in [1.165, 1.54) is 43.8 Å². The van der Waals surface area contributed by atoms with Crippen LogP contribution in [0.4, 0.5) is 0 Å². The summed E-state index contributed by atoms with van der Waals surface area (Å²) < 4.78 is 0. The van der Waals surface area contributed by atoms with Gasteiger partial charge in [-0.3, -0.25) is 9.89 Å². The second-order valence-corrected chi connectivity index (χ2v) is 8.42. The number of hydrogen-bond donors (Lipinski definition) is 2. The minimum Gasteiger partial charge on any atom is -0.354 e. The molecule has 162 valence electrons. The summed E-state index contributed by atoms with van der Waals surface area (Å²) in [5, 5.41) is 9.34. The van der Waals surface area contributed by atoms with Crippen molar-refractivity contribution in [3.05, 3.63) is 22.4 Å². The third-order valence-corrected chi connectivity index (χ3v) is 6.50. The highest BCUT2D eigenvalue weighted by Gasteiger charge is 2.24. The maximum Gasteiger partial charge on any atom is 0.191 e. The molecule has 1 aliphatic heterocycles.